The number of para-hydroxylation sites is 1. The number of nitro groups is 1. The fourth-order valence-electron chi connectivity index (χ4n) is 3.59. The second-order valence-corrected chi connectivity index (χ2v) is 9.11. The van der Waals surface area contributed by atoms with Crippen LogP contribution in [0.15, 0.2) is 47.4 Å². The molecule has 1 aliphatic rings. The van der Waals surface area contributed by atoms with Crippen LogP contribution in [-0.2, 0) is 21.2 Å². The summed E-state index contributed by atoms with van der Waals surface area (Å²) in [5.41, 5.74) is 0.467. The van der Waals surface area contributed by atoms with E-state index in [1.807, 2.05) is 12.1 Å². The lowest BCUT2D eigenvalue weighted by atomic mass is 10.1. The maximum absolute atomic E-state index is 12.9. The molecule has 2 aromatic carbocycles. The van der Waals surface area contributed by atoms with E-state index < -0.39 is 20.6 Å². The van der Waals surface area contributed by atoms with Gasteiger partial charge in [-0.25, -0.2) is 8.42 Å². The standard InChI is InChI=1S/C21H25N3O7S/c1-30-18-9-7-16(15-19(18)31-2)8-10-21(25)22-11-13-23(14-12-22)32(28,29)20-6-4-3-5-17(20)24(26)27/h3-7,9,15H,8,10-14H2,1-2H3. The Morgan fingerprint density at radius 1 is 1.03 bits per heavy atom. The highest BCUT2D eigenvalue weighted by Gasteiger charge is 2.34. The maximum Gasteiger partial charge on any atom is 0.289 e. The van der Waals surface area contributed by atoms with Crippen LogP contribution in [0, 0.1) is 10.1 Å². The highest BCUT2D eigenvalue weighted by Crippen LogP contribution is 2.29. The molecule has 10 nitrogen and oxygen atoms in total. The number of amides is 1. The first-order chi connectivity index (χ1) is 15.3. The van der Waals surface area contributed by atoms with E-state index in [0.29, 0.717) is 17.9 Å². The van der Waals surface area contributed by atoms with Crippen LogP contribution in [-0.4, -0.2) is 68.9 Å². The van der Waals surface area contributed by atoms with E-state index in [4.69, 9.17) is 9.47 Å². The van der Waals surface area contributed by atoms with Gasteiger partial charge in [0, 0.05) is 38.7 Å². The number of nitro benzene ring substituents is 1. The Hall–Kier alpha value is -3.18. The van der Waals surface area contributed by atoms with Gasteiger partial charge in [0.15, 0.2) is 16.4 Å². The Balaban J connectivity index is 1.60. The SMILES string of the molecule is COc1ccc(CCC(=O)N2CCN(S(=O)(=O)c3ccccc3[N+](=O)[O-])CC2)cc1OC. The van der Waals surface area contributed by atoms with Crippen LogP contribution < -0.4 is 9.47 Å². The topological polar surface area (TPSA) is 119 Å². The number of rotatable bonds is 8. The molecule has 0 bridgehead atoms. The number of nitrogens with zero attached hydrogens (tertiary/aromatic N) is 3. The minimum absolute atomic E-state index is 0.0798. The quantitative estimate of drug-likeness (QED) is 0.434. The molecule has 0 saturated carbocycles. The summed E-state index contributed by atoms with van der Waals surface area (Å²) in [6.45, 7) is 0.613. The number of hydrogen-bond acceptors (Lipinski definition) is 7. The lowest BCUT2D eigenvalue weighted by Crippen LogP contribution is -2.50. The fourth-order valence-corrected chi connectivity index (χ4v) is 5.17. The fraction of sp³-hybridized carbons (Fsp3) is 0.381. The summed E-state index contributed by atoms with van der Waals surface area (Å²) in [5.74, 6) is 1.12. The van der Waals surface area contributed by atoms with Crippen LogP contribution in [0.2, 0.25) is 0 Å². The molecule has 2 aromatic rings. The monoisotopic (exact) mass is 463 g/mol. The van der Waals surface area contributed by atoms with Gasteiger partial charge in [-0.3, -0.25) is 14.9 Å². The number of carbonyl (C=O) groups is 1. The number of aryl methyl sites for hydroxylation is 1. The zero-order valence-corrected chi connectivity index (χ0v) is 18.7. The van der Waals surface area contributed by atoms with Crippen LogP contribution in [0.25, 0.3) is 0 Å². The lowest BCUT2D eigenvalue weighted by molar-refractivity contribution is -0.387. The molecule has 0 N–H and O–H groups in total. The summed E-state index contributed by atoms with van der Waals surface area (Å²) in [6.07, 6.45) is 0.778. The average Bonchev–Trinajstić information content (AvgIpc) is 2.82. The largest absolute Gasteiger partial charge is 0.493 e. The molecule has 1 fully saturated rings. The predicted molar refractivity (Wildman–Crippen MR) is 116 cm³/mol. The van der Waals surface area contributed by atoms with E-state index in [0.717, 1.165) is 5.56 Å². The van der Waals surface area contributed by atoms with Crippen molar-refractivity contribution in [3.63, 3.8) is 0 Å². The van der Waals surface area contributed by atoms with E-state index >= 15 is 0 Å². The van der Waals surface area contributed by atoms with Crippen molar-refractivity contribution < 1.29 is 27.6 Å². The van der Waals surface area contributed by atoms with Gasteiger partial charge in [0.2, 0.25) is 15.9 Å². The predicted octanol–water partition coefficient (Wildman–Crippen LogP) is 2.08. The highest BCUT2D eigenvalue weighted by atomic mass is 32.2. The lowest BCUT2D eigenvalue weighted by Gasteiger charge is -2.34. The normalized spacial score (nSPS) is 14.8. The summed E-state index contributed by atoms with van der Waals surface area (Å²) in [5, 5.41) is 11.2. The first-order valence-corrected chi connectivity index (χ1v) is 11.4. The molecular weight excluding hydrogens is 438 g/mol. The van der Waals surface area contributed by atoms with Crippen molar-refractivity contribution in [1.82, 2.24) is 9.21 Å². The van der Waals surface area contributed by atoms with Gasteiger partial charge in [0.1, 0.15) is 0 Å². The zero-order valence-electron chi connectivity index (χ0n) is 17.9. The number of methoxy groups -OCH3 is 2. The molecule has 1 aliphatic heterocycles. The molecule has 0 atom stereocenters. The molecule has 1 heterocycles. The van der Waals surface area contributed by atoms with Gasteiger partial charge in [0.25, 0.3) is 5.69 Å². The Bertz CT molecular complexity index is 1100. The summed E-state index contributed by atoms with van der Waals surface area (Å²) in [7, 11) is -0.930. The molecule has 0 radical (unpaired) electrons. The van der Waals surface area contributed by atoms with E-state index in [1.54, 1.807) is 25.2 Å². The van der Waals surface area contributed by atoms with Crippen molar-refractivity contribution in [1.29, 1.82) is 0 Å². The van der Waals surface area contributed by atoms with Crippen molar-refractivity contribution in [2.75, 3.05) is 40.4 Å². The van der Waals surface area contributed by atoms with Crippen molar-refractivity contribution in [3.8, 4) is 11.5 Å². The molecule has 0 spiro atoms. The Morgan fingerprint density at radius 2 is 1.69 bits per heavy atom. The smallest absolute Gasteiger partial charge is 0.289 e. The van der Waals surface area contributed by atoms with Crippen molar-refractivity contribution >= 4 is 21.6 Å². The van der Waals surface area contributed by atoms with E-state index in [2.05, 4.69) is 0 Å². The van der Waals surface area contributed by atoms with Crippen LogP contribution in [0.3, 0.4) is 0 Å². The third-order valence-corrected chi connectivity index (χ3v) is 7.29. The van der Waals surface area contributed by atoms with Crippen molar-refractivity contribution in [2.24, 2.45) is 0 Å². The van der Waals surface area contributed by atoms with Gasteiger partial charge < -0.3 is 14.4 Å². The number of carbonyl (C=O) groups excluding carboxylic acids is 1. The van der Waals surface area contributed by atoms with Gasteiger partial charge >= 0.3 is 0 Å². The first-order valence-electron chi connectivity index (χ1n) is 10.00. The molecular formula is C21H25N3O7S. The zero-order chi connectivity index (χ0) is 23.3. The number of sulfonamides is 1. The van der Waals surface area contributed by atoms with Gasteiger partial charge in [-0.2, -0.15) is 4.31 Å². The number of hydrogen-bond donors (Lipinski definition) is 0. The van der Waals surface area contributed by atoms with Crippen molar-refractivity contribution in [3.05, 3.63) is 58.1 Å². The van der Waals surface area contributed by atoms with Crippen LogP contribution >= 0.6 is 0 Å². The molecule has 1 saturated heterocycles. The number of benzene rings is 2. The average molecular weight is 464 g/mol. The third kappa shape index (κ3) is 5.00. The van der Waals surface area contributed by atoms with Crippen molar-refractivity contribution in [2.45, 2.75) is 17.7 Å². The van der Waals surface area contributed by atoms with Gasteiger partial charge in [-0.15, -0.1) is 0 Å². The molecule has 32 heavy (non-hydrogen) atoms. The summed E-state index contributed by atoms with van der Waals surface area (Å²) >= 11 is 0. The summed E-state index contributed by atoms with van der Waals surface area (Å²) in [6, 6.07) is 10.7. The molecule has 172 valence electrons. The van der Waals surface area contributed by atoms with E-state index in [9.17, 15) is 23.3 Å². The minimum atomic E-state index is -4.03. The van der Waals surface area contributed by atoms with Gasteiger partial charge in [-0.1, -0.05) is 18.2 Å². The highest BCUT2D eigenvalue weighted by molar-refractivity contribution is 7.89. The van der Waals surface area contributed by atoms with Gasteiger partial charge in [-0.05, 0) is 30.2 Å². The first kappa shape index (κ1) is 23.5. The van der Waals surface area contributed by atoms with E-state index in [1.165, 1.54) is 28.6 Å². The third-order valence-electron chi connectivity index (χ3n) is 5.35. The molecule has 3 rings (SSSR count). The van der Waals surface area contributed by atoms with Crippen LogP contribution in [0.4, 0.5) is 5.69 Å². The molecule has 0 unspecified atom stereocenters. The molecule has 0 aromatic heterocycles. The number of piperazine rings is 1. The summed E-state index contributed by atoms with van der Waals surface area (Å²) < 4.78 is 37.5. The number of ether oxygens (including phenoxy) is 2. The summed E-state index contributed by atoms with van der Waals surface area (Å²) in [4.78, 5) is 24.4. The molecule has 1 amide bonds. The second kappa shape index (κ2) is 9.96. The van der Waals surface area contributed by atoms with Gasteiger partial charge in [0.05, 0.1) is 19.1 Å². The Kier molecular flexibility index (Phi) is 7.31. The Labute approximate surface area is 186 Å². The molecule has 11 heteroatoms. The van der Waals surface area contributed by atoms with Crippen LogP contribution in [0.5, 0.6) is 11.5 Å². The van der Waals surface area contributed by atoms with Crippen LogP contribution in [0.1, 0.15) is 12.0 Å². The minimum Gasteiger partial charge on any atom is -0.493 e. The van der Waals surface area contributed by atoms with E-state index in [-0.39, 0.29) is 43.4 Å². The Morgan fingerprint density at radius 3 is 2.31 bits per heavy atom. The maximum atomic E-state index is 12.9. The molecule has 0 aliphatic carbocycles. The second-order valence-electron chi connectivity index (χ2n) is 7.20.